The van der Waals surface area contributed by atoms with Crippen LogP contribution in [0.3, 0.4) is 0 Å². The van der Waals surface area contributed by atoms with Crippen LogP contribution in [0.1, 0.15) is 16.1 Å². The minimum Gasteiger partial charge on any atom is -0.451 e. The van der Waals surface area contributed by atoms with Gasteiger partial charge in [-0.05, 0) is 41.1 Å². The molecule has 0 spiro atoms. The lowest BCUT2D eigenvalue weighted by Crippen LogP contribution is -2.16. The van der Waals surface area contributed by atoms with Crippen LogP contribution in [0.15, 0.2) is 65.1 Å². The number of anilines is 1. The molecule has 0 aliphatic heterocycles. The van der Waals surface area contributed by atoms with Gasteiger partial charge in [-0.1, -0.05) is 41.9 Å². The first-order valence-electron chi connectivity index (χ1n) is 7.92. The van der Waals surface area contributed by atoms with Crippen LogP contribution in [0, 0.1) is 0 Å². The number of carbonyl (C=O) groups is 1. The summed E-state index contributed by atoms with van der Waals surface area (Å²) in [6.07, 6.45) is -4.66. The third kappa shape index (κ3) is 3.24. The molecule has 4 rings (SSSR count). The topological polar surface area (TPSA) is 42.2 Å². The molecule has 0 aliphatic rings. The summed E-state index contributed by atoms with van der Waals surface area (Å²) in [4.78, 5) is 12.5. The molecule has 0 fully saturated rings. The van der Waals surface area contributed by atoms with E-state index in [1.807, 2.05) is 30.3 Å². The average Bonchev–Trinajstić information content (AvgIpc) is 3.07. The van der Waals surface area contributed by atoms with Gasteiger partial charge in [-0.3, -0.25) is 4.79 Å². The highest BCUT2D eigenvalue weighted by Gasteiger charge is 2.34. The average molecular weight is 390 g/mol. The Morgan fingerprint density at radius 3 is 2.52 bits per heavy atom. The largest absolute Gasteiger partial charge is 0.451 e. The molecule has 3 nitrogen and oxygen atoms in total. The molecule has 0 saturated heterocycles. The zero-order valence-electron chi connectivity index (χ0n) is 13.6. The molecule has 0 aliphatic carbocycles. The molecule has 1 heterocycles. The maximum absolute atomic E-state index is 13.2. The summed E-state index contributed by atoms with van der Waals surface area (Å²) < 4.78 is 45.1. The Labute approximate surface area is 156 Å². The Hall–Kier alpha value is -2.99. The van der Waals surface area contributed by atoms with Crippen LogP contribution in [-0.2, 0) is 6.18 Å². The molecule has 0 saturated carbocycles. The highest BCUT2D eigenvalue weighted by molar-refractivity contribution is 6.30. The lowest BCUT2D eigenvalue weighted by atomic mass is 10.1. The molecular weight excluding hydrogens is 379 g/mol. The van der Waals surface area contributed by atoms with E-state index in [-0.39, 0.29) is 16.5 Å². The normalized spacial score (nSPS) is 11.9. The van der Waals surface area contributed by atoms with Crippen molar-refractivity contribution in [3.8, 4) is 0 Å². The van der Waals surface area contributed by atoms with Crippen molar-refractivity contribution in [2.75, 3.05) is 5.32 Å². The van der Waals surface area contributed by atoms with Gasteiger partial charge in [-0.15, -0.1) is 0 Å². The van der Waals surface area contributed by atoms with Gasteiger partial charge in [-0.25, -0.2) is 0 Å². The predicted molar refractivity (Wildman–Crippen MR) is 98.1 cm³/mol. The van der Waals surface area contributed by atoms with E-state index in [1.165, 1.54) is 12.1 Å². The number of halogens is 4. The lowest BCUT2D eigenvalue weighted by molar-refractivity contribution is -0.136. The van der Waals surface area contributed by atoms with Crippen molar-refractivity contribution in [1.29, 1.82) is 0 Å². The first-order valence-corrected chi connectivity index (χ1v) is 8.30. The van der Waals surface area contributed by atoms with Gasteiger partial charge >= 0.3 is 6.18 Å². The molecule has 27 heavy (non-hydrogen) atoms. The van der Waals surface area contributed by atoms with Gasteiger partial charge < -0.3 is 9.73 Å². The van der Waals surface area contributed by atoms with Crippen molar-refractivity contribution >= 4 is 44.9 Å². The molecule has 3 aromatic carbocycles. The van der Waals surface area contributed by atoms with Crippen molar-refractivity contribution in [2.45, 2.75) is 6.18 Å². The van der Waals surface area contributed by atoms with Crippen LogP contribution >= 0.6 is 11.6 Å². The van der Waals surface area contributed by atoms with Crippen LogP contribution in [0.2, 0.25) is 5.02 Å². The number of nitrogens with one attached hydrogen (secondary N) is 1. The van der Waals surface area contributed by atoms with E-state index in [0.717, 1.165) is 22.9 Å². The van der Waals surface area contributed by atoms with Crippen molar-refractivity contribution in [2.24, 2.45) is 0 Å². The number of alkyl halides is 3. The fourth-order valence-electron chi connectivity index (χ4n) is 2.95. The molecule has 7 heteroatoms. The van der Waals surface area contributed by atoms with Crippen LogP contribution in [0.5, 0.6) is 0 Å². The number of fused-ring (bicyclic) bond motifs is 3. The molecule has 1 amide bonds. The molecule has 0 bridgehead atoms. The second-order valence-corrected chi connectivity index (χ2v) is 6.39. The Kier molecular flexibility index (Phi) is 4.08. The van der Waals surface area contributed by atoms with Gasteiger partial charge in [0.1, 0.15) is 5.58 Å². The number of carbonyl (C=O) groups excluding carboxylic acids is 1. The highest BCUT2D eigenvalue weighted by atomic mass is 35.5. The molecule has 136 valence electrons. The first-order chi connectivity index (χ1) is 12.8. The summed E-state index contributed by atoms with van der Waals surface area (Å²) in [6, 6.07) is 15.8. The molecule has 1 aromatic heterocycles. The maximum atomic E-state index is 13.2. The predicted octanol–water partition coefficient (Wildman–Crippen LogP) is 6.51. The van der Waals surface area contributed by atoms with Gasteiger partial charge in [-0.2, -0.15) is 13.2 Å². The van der Waals surface area contributed by atoms with Crippen LogP contribution in [0.25, 0.3) is 21.7 Å². The number of hydrogen-bond acceptors (Lipinski definition) is 2. The number of hydrogen-bond donors (Lipinski definition) is 1. The van der Waals surface area contributed by atoms with Crippen LogP contribution < -0.4 is 5.32 Å². The smallest absolute Gasteiger partial charge is 0.418 e. The SMILES string of the molecule is O=C(Nc1ccc(Cl)cc1C(F)(F)F)c1cc2c(ccc3ccccc32)o1. The zero-order chi connectivity index (χ0) is 19.2. The molecule has 4 aromatic rings. The Balaban J connectivity index is 1.73. The summed E-state index contributed by atoms with van der Waals surface area (Å²) >= 11 is 5.65. The van der Waals surface area contributed by atoms with E-state index in [9.17, 15) is 18.0 Å². The van der Waals surface area contributed by atoms with Gasteiger partial charge in [0.05, 0.1) is 11.3 Å². The minimum atomic E-state index is -4.66. The van der Waals surface area contributed by atoms with E-state index < -0.39 is 17.6 Å². The van der Waals surface area contributed by atoms with E-state index in [0.29, 0.717) is 11.0 Å². The number of benzene rings is 3. The van der Waals surface area contributed by atoms with Gasteiger partial charge in [0.15, 0.2) is 5.76 Å². The fraction of sp³-hybridized carbons (Fsp3) is 0.0500. The van der Waals surface area contributed by atoms with Gasteiger partial charge in [0.25, 0.3) is 5.91 Å². The van der Waals surface area contributed by atoms with Crippen molar-refractivity contribution in [3.05, 3.63) is 77.0 Å². The summed E-state index contributed by atoms with van der Waals surface area (Å²) in [7, 11) is 0. The lowest BCUT2D eigenvalue weighted by Gasteiger charge is -2.13. The Morgan fingerprint density at radius 2 is 1.74 bits per heavy atom. The molecular formula is C20H11ClF3NO2. The van der Waals surface area contributed by atoms with Gasteiger partial charge in [0, 0.05) is 10.4 Å². The number of amides is 1. The minimum absolute atomic E-state index is 0.0736. The van der Waals surface area contributed by atoms with Crippen molar-refractivity contribution < 1.29 is 22.4 Å². The van der Waals surface area contributed by atoms with E-state index in [2.05, 4.69) is 5.32 Å². The third-order valence-electron chi connectivity index (χ3n) is 4.19. The van der Waals surface area contributed by atoms with E-state index in [4.69, 9.17) is 16.0 Å². The van der Waals surface area contributed by atoms with Crippen LogP contribution in [-0.4, -0.2) is 5.91 Å². The standard InChI is InChI=1S/C20H11ClF3NO2/c21-12-6-7-16(15(9-12)20(22,23)24)25-19(26)18-10-14-13-4-2-1-3-11(13)5-8-17(14)27-18/h1-10H,(H,25,26). The second kappa shape index (κ2) is 6.32. The van der Waals surface area contributed by atoms with Crippen molar-refractivity contribution in [3.63, 3.8) is 0 Å². The maximum Gasteiger partial charge on any atom is 0.418 e. The third-order valence-corrected chi connectivity index (χ3v) is 4.42. The summed E-state index contributed by atoms with van der Waals surface area (Å²) in [5, 5.41) is 4.75. The quantitative estimate of drug-likeness (QED) is 0.424. The molecule has 0 unspecified atom stereocenters. The number of furan rings is 1. The second-order valence-electron chi connectivity index (χ2n) is 5.95. The van der Waals surface area contributed by atoms with E-state index >= 15 is 0 Å². The zero-order valence-corrected chi connectivity index (χ0v) is 14.4. The van der Waals surface area contributed by atoms with E-state index in [1.54, 1.807) is 6.07 Å². The molecule has 0 atom stereocenters. The molecule has 1 N–H and O–H groups in total. The highest BCUT2D eigenvalue weighted by Crippen LogP contribution is 2.37. The Morgan fingerprint density at radius 1 is 0.963 bits per heavy atom. The summed E-state index contributed by atoms with van der Waals surface area (Å²) in [6.45, 7) is 0. The molecule has 0 radical (unpaired) electrons. The fourth-order valence-corrected chi connectivity index (χ4v) is 3.12. The van der Waals surface area contributed by atoms with Crippen LogP contribution in [0.4, 0.5) is 18.9 Å². The monoisotopic (exact) mass is 389 g/mol. The first kappa shape index (κ1) is 17.4. The summed E-state index contributed by atoms with van der Waals surface area (Å²) in [5.74, 6) is -0.854. The Bertz CT molecular complexity index is 1180. The summed E-state index contributed by atoms with van der Waals surface area (Å²) in [5.41, 5.74) is -0.932. The van der Waals surface area contributed by atoms with Gasteiger partial charge in [0.2, 0.25) is 0 Å². The number of rotatable bonds is 2. The van der Waals surface area contributed by atoms with Crippen molar-refractivity contribution in [1.82, 2.24) is 0 Å².